The number of nitrogen functional groups attached to an aromatic ring is 3. The van der Waals surface area contributed by atoms with Crippen molar-refractivity contribution in [2.75, 3.05) is 17.2 Å². The third kappa shape index (κ3) is 2.54. The van der Waals surface area contributed by atoms with Crippen molar-refractivity contribution in [1.29, 1.82) is 0 Å². The maximum absolute atomic E-state index is 13.7. The Bertz CT molecular complexity index is 546. The molecule has 7 heteroatoms. The summed E-state index contributed by atoms with van der Waals surface area (Å²) in [7, 11) is 0. The van der Waals surface area contributed by atoms with Crippen LogP contribution in [0.3, 0.4) is 0 Å². The van der Waals surface area contributed by atoms with E-state index in [4.69, 9.17) is 17.2 Å². The van der Waals surface area contributed by atoms with Crippen molar-refractivity contribution in [1.82, 2.24) is 9.97 Å². The monoisotopic (exact) mass is 255 g/mol. The van der Waals surface area contributed by atoms with E-state index >= 15 is 0 Å². The molecule has 0 bridgehead atoms. The lowest BCUT2D eigenvalue weighted by Crippen LogP contribution is -2.05. The molecule has 0 unspecified atom stereocenters. The van der Waals surface area contributed by atoms with Crippen LogP contribution in [0.25, 0.3) is 11.3 Å². The fourth-order valence-corrected chi connectivity index (χ4v) is 1.36. The summed E-state index contributed by atoms with van der Waals surface area (Å²) in [6.07, 6.45) is 0. The minimum absolute atomic E-state index is 0. The number of nitrogens with zero attached hydrogens (tertiary/aromatic N) is 2. The van der Waals surface area contributed by atoms with Gasteiger partial charge in [0.1, 0.15) is 5.69 Å². The van der Waals surface area contributed by atoms with E-state index in [1.54, 1.807) is 24.3 Å². The minimum Gasteiger partial charge on any atom is -0.399 e. The zero-order valence-electron chi connectivity index (χ0n) is 8.72. The van der Waals surface area contributed by atoms with Crippen LogP contribution >= 0.6 is 12.4 Å². The van der Waals surface area contributed by atoms with Crippen LogP contribution in [0.2, 0.25) is 0 Å². The Morgan fingerprint density at radius 2 is 1.76 bits per heavy atom. The second-order valence-electron chi connectivity index (χ2n) is 3.26. The highest BCUT2D eigenvalue weighted by Crippen LogP contribution is 2.25. The van der Waals surface area contributed by atoms with Gasteiger partial charge in [0.05, 0.1) is 0 Å². The van der Waals surface area contributed by atoms with Gasteiger partial charge in [-0.2, -0.15) is 4.98 Å². The lowest BCUT2D eigenvalue weighted by molar-refractivity contribution is 0.625. The smallest absolute Gasteiger partial charge is 0.222 e. The maximum atomic E-state index is 13.7. The van der Waals surface area contributed by atoms with Crippen LogP contribution in [-0.2, 0) is 0 Å². The third-order valence-electron chi connectivity index (χ3n) is 2.05. The molecule has 0 spiro atoms. The van der Waals surface area contributed by atoms with Gasteiger partial charge in [0.2, 0.25) is 5.95 Å². The molecule has 2 aromatic rings. The van der Waals surface area contributed by atoms with E-state index in [9.17, 15) is 4.39 Å². The van der Waals surface area contributed by atoms with E-state index in [2.05, 4.69) is 9.97 Å². The molecule has 6 N–H and O–H groups in total. The van der Waals surface area contributed by atoms with Gasteiger partial charge < -0.3 is 17.2 Å². The zero-order valence-corrected chi connectivity index (χ0v) is 9.54. The summed E-state index contributed by atoms with van der Waals surface area (Å²) in [5.74, 6) is -1.04. The molecule has 2 rings (SSSR count). The molecule has 0 atom stereocenters. The van der Waals surface area contributed by atoms with E-state index in [0.29, 0.717) is 11.3 Å². The molecule has 1 aromatic heterocycles. The van der Waals surface area contributed by atoms with Crippen molar-refractivity contribution in [3.63, 3.8) is 0 Å². The van der Waals surface area contributed by atoms with Crippen molar-refractivity contribution in [2.45, 2.75) is 0 Å². The first-order chi connectivity index (χ1) is 7.58. The molecule has 0 aliphatic carbocycles. The summed E-state index contributed by atoms with van der Waals surface area (Å²) < 4.78 is 13.7. The van der Waals surface area contributed by atoms with Gasteiger partial charge in [-0.1, -0.05) is 12.1 Å². The molecule has 1 heterocycles. The fraction of sp³-hybridized carbons (Fsp3) is 0. The summed E-state index contributed by atoms with van der Waals surface area (Å²) >= 11 is 0. The molecule has 17 heavy (non-hydrogen) atoms. The average molecular weight is 256 g/mol. The van der Waals surface area contributed by atoms with E-state index in [-0.39, 0.29) is 29.9 Å². The highest BCUT2D eigenvalue weighted by molar-refractivity contribution is 5.85. The predicted octanol–water partition coefficient (Wildman–Crippen LogP) is 1.45. The van der Waals surface area contributed by atoms with Crippen molar-refractivity contribution < 1.29 is 4.39 Å². The highest BCUT2D eigenvalue weighted by Gasteiger charge is 2.12. The third-order valence-corrected chi connectivity index (χ3v) is 2.05. The minimum atomic E-state index is -0.695. The Labute approximate surface area is 103 Å². The Morgan fingerprint density at radius 1 is 1.06 bits per heavy atom. The van der Waals surface area contributed by atoms with Gasteiger partial charge in [-0.15, -0.1) is 12.4 Å². The zero-order chi connectivity index (χ0) is 11.7. The lowest BCUT2D eigenvalue weighted by atomic mass is 10.1. The average Bonchev–Trinajstić information content (AvgIpc) is 2.23. The first-order valence-corrected chi connectivity index (χ1v) is 4.52. The van der Waals surface area contributed by atoms with Gasteiger partial charge in [-0.25, -0.2) is 9.37 Å². The number of benzene rings is 1. The molecule has 1 aromatic carbocycles. The van der Waals surface area contributed by atoms with Crippen molar-refractivity contribution in [2.24, 2.45) is 0 Å². The van der Waals surface area contributed by atoms with Gasteiger partial charge >= 0.3 is 0 Å². The molecule has 0 aliphatic rings. The standard InChI is InChI=1S/C10H10FN5.ClH/c11-7-8(15-10(14)16-9(7)13)5-2-1-3-6(12)4-5;/h1-4H,12H2,(H4,13,14,15,16);1H. The second kappa shape index (κ2) is 4.84. The Kier molecular flexibility index (Phi) is 3.69. The van der Waals surface area contributed by atoms with Gasteiger partial charge in [0.15, 0.2) is 11.6 Å². The summed E-state index contributed by atoms with van der Waals surface area (Å²) in [6.45, 7) is 0. The number of hydrogen-bond acceptors (Lipinski definition) is 5. The first kappa shape index (κ1) is 13.0. The SMILES string of the molecule is Cl.Nc1cccc(-c2nc(N)nc(N)c2F)c1. The van der Waals surface area contributed by atoms with E-state index in [1.807, 2.05) is 0 Å². The van der Waals surface area contributed by atoms with Crippen LogP contribution in [0.4, 0.5) is 21.8 Å². The normalized spacial score (nSPS) is 9.71. The summed E-state index contributed by atoms with van der Waals surface area (Å²) in [4.78, 5) is 7.32. The predicted molar refractivity (Wildman–Crippen MR) is 67.9 cm³/mol. The number of halogens is 2. The largest absolute Gasteiger partial charge is 0.399 e. The van der Waals surface area contributed by atoms with E-state index in [0.717, 1.165) is 0 Å². The molecule has 0 saturated heterocycles. The molecule has 0 fully saturated rings. The van der Waals surface area contributed by atoms with Crippen LogP contribution in [0.1, 0.15) is 0 Å². The fourth-order valence-electron chi connectivity index (χ4n) is 1.36. The quantitative estimate of drug-likeness (QED) is 0.669. The first-order valence-electron chi connectivity index (χ1n) is 4.52. The molecular weight excluding hydrogens is 245 g/mol. The van der Waals surface area contributed by atoms with Gasteiger partial charge in [0, 0.05) is 11.3 Å². The van der Waals surface area contributed by atoms with Gasteiger partial charge in [-0.05, 0) is 12.1 Å². The van der Waals surface area contributed by atoms with Crippen molar-refractivity contribution in [3.05, 3.63) is 30.1 Å². The van der Waals surface area contributed by atoms with Gasteiger partial charge in [0.25, 0.3) is 0 Å². The number of rotatable bonds is 1. The number of hydrogen-bond donors (Lipinski definition) is 3. The van der Waals surface area contributed by atoms with Crippen molar-refractivity contribution in [3.8, 4) is 11.3 Å². The molecule has 0 radical (unpaired) electrons. The van der Waals surface area contributed by atoms with Crippen LogP contribution in [0.5, 0.6) is 0 Å². The topological polar surface area (TPSA) is 104 Å². The van der Waals surface area contributed by atoms with Gasteiger partial charge in [-0.3, -0.25) is 0 Å². The molecule has 0 saturated carbocycles. The summed E-state index contributed by atoms with van der Waals surface area (Å²) in [5.41, 5.74) is 17.4. The Balaban J connectivity index is 0.00000144. The number of nitrogens with two attached hydrogens (primary N) is 3. The van der Waals surface area contributed by atoms with Crippen LogP contribution < -0.4 is 17.2 Å². The molecule has 5 nitrogen and oxygen atoms in total. The Hall–Kier alpha value is -2.08. The molecular formula is C10H11ClFN5. The molecule has 0 amide bonds. The lowest BCUT2D eigenvalue weighted by Gasteiger charge is -2.06. The number of aromatic nitrogens is 2. The summed E-state index contributed by atoms with van der Waals surface area (Å²) in [5, 5.41) is 0. The second-order valence-corrected chi connectivity index (χ2v) is 3.26. The van der Waals surface area contributed by atoms with E-state index in [1.165, 1.54) is 0 Å². The number of anilines is 3. The van der Waals surface area contributed by atoms with Crippen LogP contribution in [-0.4, -0.2) is 9.97 Å². The summed E-state index contributed by atoms with van der Waals surface area (Å²) in [6, 6.07) is 6.64. The maximum Gasteiger partial charge on any atom is 0.222 e. The Morgan fingerprint density at radius 3 is 2.41 bits per heavy atom. The molecule has 90 valence electrons. The van der Waals surface area contributed by atoms with Crippen molar-refractivity contribution >= 4 is 29.9 Å². The van der Waals surface area contributed by atoms with Crippen LogP contribution in [0.15, 0.2) is 24.3 Å². The van der Waals surface area contributed by atoms with E-state index < -0.39 is 5.82 Å². The van der Waals surface area contributed by atoms with Crippen LogP contribution in [0, 0.1) is 5.82 Å². The molecule has 0 aliphatic heterocycles. The highest BCUT2D eigenvalue weighted by atomic mass is 35.5.